The highest BCUT2D eigenvalue weighted by molar-refractivity contribution is 7.80. The zero-order valence-electron chi connectivity index (χ0n) is 39.5. The van der Waals surface area contributed by atoms with Crippen LogP contribution in [0.15, 0.2) is 25.0 Å². The van der Waals surface area contributed by atoms with Crippen LogP contribution in [-0.4, -0.2) is 144 Å². The van der Waals surface area contributed by atoms with Gasteiger partial charge in [0.2, 0.25) is 53.2 Å². The summed E-state index contributed by atoms with van der Waals surface area (Å²) < 4.78 is 0. The maximum Gasteiger partial charge on any atom is 0.326 e. The average molecular weight is 977 g/mol. The number of H-pyrrole nitrogens is 2. The van der Waals surface area contributed by atoms with Crippen LogP contribution in [0.4, 0.5) is 0 Å². The maximum atomic E-state index is 13.8. The monoisotopic (exact) mass is 976 g/mol. The Morgan fingerprint density at radius 3 is 1.31 bits per heavy atom. The number of rotatable bonds is 29. The number of hydrogen-bond acceptors (Lipinski definition) is 14. The quantitative estimate of drug-likeness (QED) is 0.0357. The number of amides is 9. The van der Waals surface area contributed by atoms with Crippen LogP contribution in [0.2, 0.25) is 0 Å². The van der Waals surface area contributed by atoms with Crippen LogP contribution < -0.4 is 54.0 Å². The average Bonchev–Trinajstić information content (AvgIpc) is 3.98. The van der Waals surface area contributed by atoms with Gasteiger partial charge in [0, 0.05) is 42.4 Å². The lowest BCUT2D eigenvalue weighted by atomic mass is 10.00. The molecule has 0 spiro atoms. The Balaban J connectivity index is 2.18. The molecule has 0 aromatic carbocycles. The predicted octanol–water partition coefficient (Wildman–Crippen LogP) is -3.20. The molecule has 0 aliphatic heterocycles. The van der Waals surface area contributed by atoms with Gasteiger partial charge in [-0.1, -0.05) is 41.5 Å². The fourth-order valence-corrected chi connectivity index (χ4v) is 6.65. The van der Waals surface area contributed by atoms with Gasteiger partial charge in [0.05, 0.1) is 25.1 Å². The van der Waals surface area contributed by atoms with Gasteiger partial charge in [-0.3, -0.25) is 43.2 Å². The number of thiol groups is 1. The number of nitrogens with zero attached hydrogens (tertiary/aromatic N) is 2. The molecule has 2 aromatic rings. The van der Waals surface area contributed by atoms with E-state index in [1.165, 1.54) is 38.9 Å². The van der Waals surface area contributed by atoms with E-state index in [2.05, 4.69) is 75.1 Å². The molecule has 0 saturated carbocycles. The molecule has 0 aliphatic carbocycles. The van der Waals surface area contributed by atoms with Crippen molar-refractivity contribution in [2.24, 2.45) is 29.2 Å². The number of nitrogens with two attached hydrogens (primary N) is 2. The highest BCUT2D eigenvalue weighted by Crippen LogP contribution is 2.10. The summed E-state index contributed by atoms with van der Waals surface area (Å²) in [5.41, 5.74) is 12.2. The number of nitrogens with one attached hydrogen (secondary N) is 10. The van der Waals surface area contributed by atoms with Gasteiger partial charge in [-0.05, 0) is 44.4 Å². The molecule has 25 nitrogen and oxygen atoms in total. The number of carbonyl (C=O) groups is 10. The van der Waals surface area contributed by atoms with Gasteiger partial charge in [0.25, 0.3) is 0 Å². The van der Waals surface area contributed by atoms with Crippen LogP contribution in [0, 0.1) is 17.8 Å². The second kappa shape index (κ2) is 27.9. The minimum Gasteiger partial charge on any atom is -0.480 e. The third-order valence-electron chi connectivity index (χ3n) is 10.3. The minimum atomic E-state index is -1.58. The lowest BCUT2D eigenvalue weighted by molar-refractivity contribution is -0.142. The first-order valence-corrected chi connectivity index (χ1v) is 22.7. The smallest absolute Gasteiger partial charge is 0.326 e. The van der Waals surface area contributed by atoms with E-state index in [0.29, 0.717) is 11.4 Å². The van der Waals surface area contributed by atoms with Crippen LogP contribution in [0.1, 0.15) is 86.0 Å². The molecule has 9 amide bonds. The summed E-state index contributed by atoms with van der Waals surface area (Å²) in [7, 11) is 0. The van der Waals surface area contributed by atoms with Gasteiger partial charge in [0.1, 0.15) is 48.3 Å². The maximum absolute atomic E-state index is 13.8. The molecular weight excluding hydrogens is 909 g/mol. The fourth-order valence-electron chi connectivity index (χ4n) is 6.39. The normalized spacial score (nSPS) is 15.2. The number of primary amides is 1. The SMILES string of the molecule is CC(C)C[C@H](NC(=O)[C@H](C)NC(=O)[C@H](CS)NC(=O)[C@H](Cc1cnc[nH]1)NC(=O)[C@H](C)NC(=O)[C@H](CC(N)=O)NC(=O)[C@H](CC(C)C)NC(=O)[C@@H](N)C(C)C)C(=O)N[C@@H](Cc1cnc[nH]1)C(=O)O. The molecule has 0 radical (unpaired) electrons. The van der Waals surface area contributed by atoms with Gasteiger partial charge in [-0.25, -0.2) is 14.8 Å². The van der Waals surface area contributed by atoms with Gasteiger partial charge in [-0.2, -0.15) is 12.6 Å². The predicted molar refractivity (Wildman–Crippen MR) is 248 cm³/mol. The fraction of sp³-hybridized carbons (Fsp3) is 0.619. The van der Waals surface area contributed by atoms with Crippen LogP contribution in [0.25, 0.3) is 0 Å². The lowest BCUT2D eigenvalue weighted by Gasteiger charge is -2.27. The van der Waals surface area contributed by atoms with E-state index in [0.717, 1.165) is 0 Å². The number of carboxylic acid groups (broad SMARTS) is 1. The van der Waals surface area contributed by atoms with Crippen molar-refractivity contribution < 1.29 is 53.1 Å². The van der Waals surface area contributed by atoms with Crippen molar-refractivity contribution in [2.75, 3.05) is 5.75 Å². The Hall–Kier alpha value is -6.57. The van der Waals surface area contributed by atoms with Crippen LogP contribution in [0.3, 0.4) is 0 Å². The van der Waals surface area contributed by atoms with E-state index in [-0.39, 0.29) is 49.2 Å². The third-order valence-corrected chi connectivity index (χ3v) is 10.6. The van der Waals surface area contributed by atoms with E-state index >= 15 is 0 Å². The molecular formula is C42H68N14O11S. The van der Waals surface area contributed by atoms with Crippen LogP contribution in [0.5, 0.6) is 0 Å². The number of carboxylic acids is 1. The number of aliphatic carboxylic acids is 1. The first-order chi connectivity index (χ1) is 31.8. The van der Waals surface area contributed by atoms with E-state index in [1.54, 1.807) is 41.5 Å². The molecule has 68 heavy (non-hydrogen) atoms. The molecule has 9 atom stereocenters. The number of aromatic amines is 2. The summed E-state index contributed by atoms with van der Waals surface area (Å²) in [6.07, 6.45) is 4.80. The van der Waals surface area contributed by atoms with Crippen molar-refractivity contribution in [3.05, 3.63) is 36.4 Å². The van der Waals surface area contributed by atoms with E-state index in [4.69, 9.17) is 11.5 Å². The molecule has 15 N–H and O–H groups in total. The van der Waals surface area contributed by atoms with Crippen LogP contribution in [-0.2, 0) is 60.8 Å². The summed E-state index contributed by atoms with van der Waals surface area (Å²) in [6.45, 7) is 13.3. The Labute approximate surface area is 399 Å². The van der Waals surface area contributed by atoms with Crippen molar-refractivity contribution in [1.29, 1.82) is 0 Å². The largest absolute Gasteiger partial charge is 0.480 e. The zero-order chi connectivity index (χ0) is 51.4. The van der Waals surface area contributed by atoms with Crippen molar-refractivity contribution in [3.63, 3.8) is 0 Å². The topological polar surface area (TPSA) is 397 Å². The molecule has 0 fully saturated rings. The number of carbonyl (C=O) groups excluding carboxylic acids is 9. The summed E-state index contributed by atoms with van der Waals surface area (Å²) in [5, 5.41) is 29.6. The summed E-state index contributed by atoms with van der Waals surface area (Å²) >= 11 is 4.21. The Kier molecular flexibility index (Phi) is 23.6. The van der Waals surface area contributed by atoms with Crippen molar-refractivity contribution >= 4 is 71.8 Å². The molecule has 0 aliphatic rings. The minimum absolute atomic E-state index is 0.0934. The molecule has 2 aromatic heterocycles. The molecule has 378 valence electrons. The first kappa shape index (κ1) is 57.6. The second-order valence-electron chi connectivity index (χ2n) is 17.6. The Morgan fingerprint density at radius 2 is 0.912 bits per heavy atom. The van der Waals surface area contributed by atoms with E-state index in [1.807, 2.05) is 0 Å². The standard InChI is InChI=1S/C42H68N14O11S/c1-19(2)9-26(38(62)55-30(42(66)67)12-25-15-46-18-48-25)51-34(58)23(8)50-40(64)31(16-68)56-39(63)28(11-24-14-45-17-47-24)52-35(59)22(7)49-36(60)29(13-32(43)57)53-37(61)27(10-20(3)4)54-41(65)33(44)21(5)6/h14-15,17-23,26-31,33,68H,9-13,16,44H2,1-8H3,(H2,43,57)(H,45,47)(H,46,48)(H,49,60)(H,50,64)(H,51,58)(H,52,59)(H,53,61)(H,54,65)(H,55,62)(H,56,63)(H,66,67)/t22-,23-,26-,27-,28-,29-,30-,31-,33-/m0/s1. The Morgan fingerprint density at radius 1 is 0.544 bits per heavy atom. The van der Waals surface area contributed by atoms with Crippen molar-refractivity contribution in [1.82, 2.24) is 62.5 Å². The lowest BCUT2D eigenvalue weighted by Crippen LogP contribution is -2.60. The van der Waals surface area contributed by atoms with Crippen LogP contribution >= 0.6 is 12.6 Å². The Bertz CT molecular complexity index is 2030. The van der Waals surface area contributed by atoms with Crippen molar-refractivity contribution in [3.8, 4) is 0 Å². The summed E-state index contributed by atoms with van der Waals surface area (Å²) in [4.78, 5) is 144. The molecule has 26 heteroatoms. The first-order valence-electron chi connectivity index (χ1n) is 22.1. The van der Waals surface area contributed by atoms with Gasteiger partial charge in [0.15, 0.2) is 0 Å². The molecule has 2 rings (SSSR count). The summed E-state index contributed by atoms with van der Waals surface area (Å²) in [5.74, 6) is -9.62. The third kappa shape index (κ3) is 19.7. The zero-order valence-corrected chi connectivity index (χ0v) is 40.4. The highest BCUT2D eigenvalue weighted by Gasteiger charge is 2.34. The number of hydrogen-bond donors (Lipinski definition) is 14. The molecule has 2 heterocycles. The van der Waals surface area contributed by atoms with E-state index < -0.39 is 120 Å². The van der Waals surface area contributed by atoms with Gasteiger partial charge < -0.3 is 69.1 Å². The molecule has 0 unspecified atom stereocenters. The second-order valence-corrected chi connectivity index (χ2v) is 18.0. The molecule has 0 bridgehead atoms. The van der Waals surface area contributed by atoms with Crippen molar-refractivity contribution in [2.45, 2.75) is 142 Å². The molecule has 0 saturated heterocycles. The number of aromatic nitrogens is 4. The van der Waals surface area contributed by atoms with Gasteiger partial charge in [-0.15, -0.1) is 0 Å². The van der Waals surface area contributed by atoms with Gasteiger partial charge >= 0.3 is 5.97 Å². The highest BCUT2D eigenvalue weighted by atomic mass is 32.1. The summed E-state index contributed by atoms with van der Waals surface area (Å²) in [6, 6.07) is -11.6. The number of imidazole rings is 2. The van der Waals surface area contributed by atoms with E-state index in [9.17, 15) is 53.1 Å².